The molecule has 1 aromatic rings. The third-order valence-electron chi connectivity index (χ3n) is 4.14. The molecule has 0 aromatic carbocycles. The number of nitrogens with zero attached hydrogens (tertiary/aromatic N) is 2. The third-order valence-corrected chi connectivity index (χ3v) is 4.51. The van der Waals surface area contributed by atoms with E-state index in [0.29, 0.717) is 10.6 Å². The Morgan fingerprint density at radius 1 is 1.29 bits per heavy atom. The van der Waals surface area contributed by atoms with Crippen molar-refractivity contribution < 1.29 is 0 Å². The summed E-state index contributed by atoms with van der Waals surface area (Å²) in [5, 5.41) is 4.05. The van der Waals surface area contributed by atoms with Gasteiger partial charge in [-0.2, -0.15) is 0 Å². The van der Waals surface area contributed by atoms with E-state index >= 15 is 0 Å². The maximum atomic E-state index is 6.07. The van der Waals surface area contributed by atoms with Crippen molar-refractivity contribution in [3.05, 3.63) is 16.5 Å². The van der Waals surface area contributed by atoms with Gasteiger partial charge in [-0.05, 0) is 50.9 Å². The first-order valence-corrected chi connectivity index (χ1v) is 6.73. The molecule has 0 bridgehead atoms. The molecule has 0 unspecified atom stereocenters. The molecule has 4 heteroatoms. The Morgan fingerprint density at radius 2 is 2.00 bits per heavy atom. The van der Waals surface area contributed by atoms with Crippen LogP contribution in [0.2, 0.25) is 5.15 Å². The van der Waals surface area contributed by atoms with Crippen molar-refractivity contribution in [2.45, 2.75) is 39.5 Å². The lowest BCUT2D eigenvalue weighted by Crippen LogP contribution is -2.19. The molecule has 2 aliphatic rings. The van der Waals surface area contributed by atoms with Crippen molar-refractivity contribution in [2.75, 3.05) is 11.9 Å². The summed E-state index contributed by atoms with van der Waals surface area (Å²) in [5.41, 5.74) is 1.54. The Morgan fingerprint density at radius 3 is 2.59 bits per heavy atom. The lowest BCUT2D eigenvalue weighted by atomic mass is 10.0. The number of hydrogen-bond donors (Lipinski definition) is 1. The normalized spacial score (nSPS) is 21.4. The van der Waals surface area contributed by atoms with E-state index in [1.54, 1.807) is 0 Å². The van der Waals surface area contributed by atoms with Crippen LogP contribution in [0.25, 0.3) is 0 Å². The van der Waals surface area contributed by atoms with Crippen LogP contribution in [0.5, 0.6) is 0 Å². The van der Waals surface area contributed by atoms with Gasteiger partial charge >= 0.3 is 0 Å². The predicted octanol–water partition coefficient (Wildman–Crippen LogP) is 3.35. The second kappa shape index (κ2) is 3.84. The summed E-state index contributed by atoms with van der Waals surface area (Å²) in [4.78, 5) is 8.59. The quantitative estimate of drug-likeness (QED) is 0.834. The molecule has 17 heavy (non-hydrogen) atoms. The molecule has 3 rings (SSSR count). The number of halogens is 1. The fourth-order valence-corrected chi connectivity index (χ4v) is 2.82. The Bertz CT molecular complexity index is 450. The van der Waals surface area contributed by atoms with Gasteiger partial charge in [0.05, 0.1) is 0 Å². The summed E-state index contributed by atoms with van der Waals surface area (Å²) in [6.07, 6.45) is 5.59. The Kier molecular flexibility index (Phi) is 2.54. The molecule has 1 heterocycles. The zero-order chi connectivity index (χ0) is 12.0. The Balaban J connectivity index is 1.72. The van der Waals surface area contributed by atoms with Crippen LogP contribution in [0.1, 0.15) is 37.1 Å². The summed E-state index contributed by atoms with van der Waals surface area (Å²) in [7, 11) is 0. The molecule has 1 aromatic heterocycles. The van der Waals surface area contributed by atoms with Crippen molar-refractivity contribution in [3.8, 4) is 0 Å². The minimum Gasteiger partial charge on any atom is -0.369 e. The van der Waals surface area contributed by atoms with Gasteiger partial charge in [0.15, 0.2) is 0 Å². The molecule has 2 aliphatic carbocycles. The van der Waals surface area contributed by atoms with E-state index in [2.05, 4.69) is 15.3 Å². The zero-order valence-corrected chi connectivity index (χ0v) is 11.1. The van der Waals surface area contributed by atoms with Gasteiger partial charge in [-0.1, -0.05) is 11.6 Å². The summed E-state index contributed by atoms with van der Waals surface area (Å²) < 4.78 is 0. The SMILES string of the molecule is Cc1nc(Cl)c(C)c(NCC2(C3CC3)CC2)n1. The van der Waals surface area contributed by atoms with E-state index in [4.69, 9.17) is 11.6 Å². The average molecular weight is 252 g/mol. The topological polar surface area (TPSA) is 37.8 Å². The number of hydrogen-bond acceptors (Lipinski definition) is 3. The Hall–Kier alpha value is -0.830. The molecule has 0 radical (unpaired) electrons. The summed E-state index contributed by atoms with van der Waals surface area (Å²) in [6.45, 7) is 4.90. The van der Waals surface area contributed by atoms with Crippen molar-refractivity contribution in [2.24, 2.45) is 11.3 Å². The van der Waals surface area contributed by atoms with Crippen molar-refractivity contribution in [1.82, 2.24) is 9.97 Å². The highest BCUT2D eigenvalue weighted by Gasteiger charge is 2.53. The zero-order valence-electron chi connectivity index (χ0n) is 10.4. The van der Waals surface area contributed by atoms with E-state index in [-0.39, 0.29) is 0 Å². The number of aryl methyl sites for hydroxylation is 1. The van der Waals surface area contributed by atoms with E-state index in [1.807, 2.05) is 13.8 Å². The van der Waals surface area contributed by atoms with E-state index in [1.165, 1.54) is 25.7 Å². The van der Waals surface area contributed by atoms with Crippen molar-refractivity contribution in [3.63, 3.8) is 0 Å². The molecule has 0 atom stereocenters. The molecule has 2 saturated carbocycles. The van der Waals surface area contributed by atoms with Gasteiger partial charge in [0.2, 0.25) is 0 Å². The minimum atomic E-state index is 0.566. The van der Waals surface area contributed by atoms with E-state index in [0.717, 1.165) is 29.7 Å². The standard InChI is InChI=1S/C13H18ClN3/c1-8-11(14)16-9(2)17-12(8)15-7-13(5-6-13)10-3-4-10/h10H,3-7H2,1-2H3,(H,15,16,17). The molecule has 0 aliphatic heterocycles. The van der Waals surface area contributed by atoms with Crippen LogP contribution >= 0.6 is 11.6 Å². The predicted molar refractivity (Wildman–Crippen MR) is 69.4 cm³/mol. The van der Waals surface area contributed by atoms with Gasteiger partial charge in [0, 0.05) is 12.1 Å². The van der Waals surface area contributed by atoms with Crippen LogP contribution in [0.3, 0.4) is 0 Å². The Labute approximate surface area is 107 Å². The molecule has 2 fully saturated rings. The van der Waals surface area contributed by atoms with Gasteiger partial charge in [-0.3, -0.25) is 0 Å². The van der Waals surface area contributed by atoms with Crippen LogP contribution in [0.15, 0.2) is 0 Å². The maximum absolute atomic E-state index is 6.07. The second-order valence-electron chi connectivity index (χ2n) is 5.53. The maximum Gasteiger partial charge on any atom is 0.137 e. The highest BCUT2D eigenvalue weighted by molar-refractivity contribution is 6.30. The second-order valence-corrected chi connectivity index (χ2v) is 5.88. The number of aromatic nitrogens is 2. The fourth-order valence-electron chi connectivity index (χ4n) is 2.61. The fraction of sp³-hybridized carbons (Fsp3) is 0.692. The van der Waals surface area contributed by atoms with Crippen LogP contribution in [-0.4, -0.2) is 16.5 Å². The molecule has 92 valence electrons. The largest absolute Gasteiger partial charge is 0.369 e. The van der Waals surface area contributed by atoms with Gasteiger partial charge < -0.3 is 5.32 Å². The molecular formula is C13H18ClN3. The lowest BCUT2D eigenvalue weighted by molar-refractivity contribution is 0.466. The third kappa shape index (κ3) is 2.13. The van der Waals surface area contributed by atoms with Gasteiger partial charge in [0.25, 0.3) is 0 Å². The van der Waals surface area contributed by atoms with Gasteiger partial charge in [-0.25, -0.2) is 9.97 Å². The van der Waals surface area contributed by atoms with E-state index < -0.39 is 0 Å². The van der Waals surface area contributed by atoms with Crippen molar-refractivity contribution in [1.29, 1.82) is 0 Å². The first-order chi connectivity index (χ1) is 8.11. The van der Waals surface area contributed by atoms with Crippen molar-refractivity contribution >= 4 is 17.4 Å². The van der Waals surface area contributed by atoms with Gasteiger partial charge in [0.1, 0.15) is 16.8 Å². The first-order valence-electron chi connectivity index (χ1n) is 6.35. The molecule has 1 N–H and O–H groups in total. The molecule has 0 amide bonds. The highest BCUT2D eigenvalue weighted by atomic mass is 35.5. The number of nitrogens with one attached hydrogen (secondary N) is 1. The molecule has 3 nitrogen and oxygen atoms in total. The van der Waals surface area contributed by atoms with Crippen LogP contribution < -0.4 is 5.32 Å². The highest BCUT2D eigenvalue weighted by Crippen LogP contribution is 2.61. The first kappa shape index (κ1) is 11.3. The number of anilines is 1. The minimum absolute atomic E-state index is 0.566. The van der Waals surface area contributed by atoms with Crippen LogP contribution in [0.4, 0.5) is 5.82 Å². The summed E-state index contributed by atoms with van der Waals surface area (Å²) in [6, 6.07) is 0. The molecule has 0 spiro atoms. The van der Waals surface area contributed by atoms with E-state index in [9.17, 15) is 0 Å². The smallest absolute Gasteiger partial charge is 0.137 e. The lowest BCUT2D eigenvalue weighted by Gasteiger charge is -2.17. The van der Waals surface area contributed by atoms with Crippen LogP contribution in [0, 0.1) is 25.2 Å². The number of rotatable bonds is 4. The summed E-state index contributed by atoms with van der Waals surface area (Å²) >= 11 is 6.07. The van der Waals surface area contributed by atoms with Gasteiger partial charge in [-0.15, -0.1) is 0 Å². The molecule has 0 saturated heterocycles. The summed E-state index contributed by atoms with van der Waals surface area (Å²) in [5.74, 6) is 2.61. The monoisotopic (exact) mass is 251 g/mol. The average Bonchev–Trinajstić information content (AvgIpc) is 3.14. The van der Waals surface area contributed by atoms with Crippen LogP contribution in [-0.2, 0) is 0 Å². The molecular weight excluding hydrogens is 234 g/mol.